The van der Waals surface area contributed by atoms with Gasteiger partial charge in [-0.3, -0.25) is 5.01 Å². The largest absolute Gasteiger partial charge is 0.252 e. The van der Waals surface area contributed by atoms with Crippen molar-refractivity contribution in [2.75, 3.05) is 10.8 Å². The number of aliphatic imine (C=N–C) groups is 1. The number of hydrogen-bond donors (Lipinski definition) is 1. The van der Waals surface area contributed by atoms with E-state index in [0.717, 1.165) is 16.6 Å². The molecule has 0 aliphatic carbocycles. The quantitative estimate of drug-likeness (QED) is 0.409. The van der Waals surface area contributed by atoms with E-state index in [2.05, 4.69) is 61.5 Å². The molecule has 1 aliphatic heterocycles. The fourth-order valence-corrected chi connectivity index (χ4v) is 4.34. The lowest BCUT2D eigenvalue weighted by Crippen LogP contribution is -2.44. The van der Waals surface area contributed by atoms with Crippen LogP contribution in [0.25, 0.3) is 0 Å². The number of rotatable bonds is 12. The molecule has 0 saturated carbocycles. The van der Waals surface area contributed by atoms with Gasteiger partial charge in [0.2, 0.25) is 0 Å². The Morgan fingerprint density at radius 1 is 0.885 bits per heavy atom. The van der Waals surface area contributed by atoms with Gasteiger partial charge in [0.15, 0.2) is 5.17 Å². The Kier molecular flexibility index (Phi) is 9.55. The Labute approximate surface area is 165 Å². The summed E-state index contributed by atoms with van der Waals surface area (Å²) < 4.78 is 0. The first-order valence-electron chi connectivity index (χ1n) is 10.5. The summed E-state index contributed by atoms with van der Waals surface area (Å²) in [5.41, 5.74) is 4.43. The van der Waals surface area contributed by atoms with Crippen LogP contribution in [0.3, 0.4) is 0 Å². The van der Waals surface area contributed by atoms with Crippen molar-refractivity contribution < 1.29 is 0 Å². The average Bonchev–Trinajstić information content (AvgIpc) is 2.95. The van der Waals surface area contributed by atoms with Crippen LogP contribution in [0, 0.1) is 0 Å². The minimum absolute atomic E-state index is 0.226. The lowest BCUT2D eigenvalue weighted by atomic mass is 10.1. The van der Waals surface area contributed by atoms with Crippen LogP contribution in [0.4, 0.5) is 5.69 Å². The molecule has 0 bridgehead atoms. The van der Waals surface area contributed by atoms with Gasteiger partial charge < -0.3 is 0 Å². The lowest BCUT2D eigenvalue weighted by molar-refractivity contribution is 0.448. The fraction of sp³-hybridized carbons (Fsp3) is 0.682. The van der Waals surface area contributed by atoms with Crippen molar-refractivity contribution in [3.8, 4) is 0 Å². The van der Waals surface area contributed by atoms with Crippen molar-refractivity contribution in [2.45, 2.75) is 90.6 Å². The summed E-state index contributed by atoms with van der Waals surface area (Å²) in [7, 11) is 0. The van der Waals surface area contributed by atoms with Crippen molar-refractivity contribution in [1.82, 2.24) is 5.43 Å². The van der Waals surface area contributed by atoms with Gasteiger partial charge in [-0.25, -0.2) is 10.4 Å². The molecule has 1 aromatic rings. The zero-order valence-corrected chi connectivity index (χ0v) is 17.8. The smallest absolute Gasteiger partial charge is 0.180 e. The number of hydrazine groups is 1. The minimum Gasteiger partial charge on any atom is -0.252 e. The molecule has 26 heavy (non-hydrogen) atoms. The van der Waals surface area contributed by atoms with Crippen LogP contribution < -0.4 is 10.4 Å². The Hall–Kier alpha value is -1.00. The first-order chi connectivity index (χ1) is 12.6. The number of para-hydroxylation sites is 1. The van der Waals surface area contributed by atoms with E-state index in [9.17, 15) is 0 Å². The molecule has 0 saturated heterocycles. The average molecular weight is 376 g/mol. The molecule has 4 heteroatoms. The zero-order chi connectivity index (χ0) is 18.7. The van der Waals surface area contributed by atoms with Crippen molar-refractivity contribution >= 4 is 22.6 Å². The number of nitrogens with one attached hydrogen (secondary N) is 1. The second-order valence-corrected chi connectivity index (χ2v) is 8.83. The van der Waals surface area contributed by atoms with Gasteiger partial charge in [-0.15, -0.1) is 0 Å². The van der Waals surface area contributed by atoms with Gasteiger partial charge in [-0.05, 0) is 32.4 Å². The molecule has 0 amide bonds. The van der Waals surface area contributed by atoms with E-state index >= 15 is 0 Å². The molecule has 1 heterocycles. The lowest BCUT2D eigenvalue weighted by Gasteiger charge is -2.23. The number of benzene rings is 1. The first kappa shape index (κ1) is 21.3. The van der Waals surface area contributed by atoms with Crippen LogP contribution in [0.15, 0.2) is 35.3 Å². The van der Waals surface area contributed by atoms with E-state index in [1.807, 2.05) is 11.8 Å². The molecule has 1 aromatic carbocycles. The predicted molar refractivity (Wildman–Crippen MR) is 118 cm³/mol. The van der Waals surface area contributed by atoms with Crippen LogP contribution in [0.5, 0.6) is 0 Å². The molecule has 0 unspecified atom stereocenters. The van der Waals surface area contributed by atoms with E-state index in [1.165, 1.54) is 64.2 Å². The monoisotopic (exact) mass is 375 g/mol. The molecular weight excluding hydrogens is 338 g/mol. The number of hydrogen-bond acceptors (Lipinski definition) is 4. The van der Waals surface area contributed by atoms with Gasteiger partial charge in [0.05, 0.1) is 5.69 Å². The second kappa shape index (κ2) is 11.7. The summed E-state index contributed by atoms with van der Waals surface area (Å²) in [5, 5.41) is 3.23. The molecule has 3 nitrogen and oxygen atoms in total. The Morgan fingerprint density at radius 2 is 1.46 bits per heavy atom. The molecule has 0 radical (unpaired) electrons. The molecule has 146 valence electrons. The molecule has 0 aromatic heterocycles. The van der Waals surface area contributed by atoms with E-state index in [-0.39, 0.29) is 5.66 Å². The summed E-state index contributed by atoms with van der Waals surface area (Å²) in [6.45, 7) is 6.53. The highest BCUT2D eigenvalue weighted by Crippen LogP contribution is 2.27. The molecule has 0 fully saturated rings. The topological polar surface area (TPSA) is 27.6 Å². The molecular formula is C22H37N3S. The molecule has 0 atom stereocenters. The molecule has 1 N–H and O–H groups in total. The van der Waals surface area contributed by atoms with Gasteiger partial charge in [0.25, 0.3) is 0 Å². The fourth-order valence-electron chi connectivity index (χ4n) is 3.24. The number of amidine groups is 1. The summed E-state index contributed by atoms with van der Waals surface area (Å²) in [5.74, 6) is 1.15. The van der Waals surface area contributed by atoms with Crippen molar-refractivity contribution in [2.24, 2.45) is 4.99 Å². The summed E-state index contributed by atoms with van der Waals surface area (Å²) in [6.07, 6.45) is 13.9. The molecule has 0 spiro atoms. The molecule has 2 rings (SSSR count). The number of thioether (sulfide) groups is 1. The predicted octanol–water partition coefficient (Wildman–Crippen LogP) is 6.76. The van der Waals surface area contributed by atoms with Crippen molar-refractivity contribution in [3.63, 3.8) is 0 Å². The SMILES string of the molecule is CCCCCCCCCCCCSC1=NC(C)(C)NN1c1ccccc1. The summed E-state index contributed by atoms with van der Waals surface area (Å²) in [6, 6.07) is 10.5. The highest BCUT2D eigenvalue weighted by molar-refractivity contribution is 8.14. The van der Waals surface area contributed by atoms with Crippen molar-refractivity contribution in [1.29, 1.82) is 0 Å². The maximum absolute atomic E-state index is 4.86. The third-order valence-corrected chi connectivity index (χ3v) is 5.72. The van der Waals surface area contributed by atoms with E-state index < -0.39 is 0 Å². The van der Waals surface area contributed by atoms with Gasteiger partial charge in [0.1, 0.15) is 5.66 Å². The van der Waals surface area contributed by atoms with Gasteiger partial charge in [-0.2, -0.15) is 0 Å². The number of unbranched alkanes of at least 4 members (excludes halogenated alkanes) is 9. The van der Waals surface area contributed by atoms with Gasteiger partial charge in [0, 0.05) is 5.75 Å². The second-order valence-electron chi connectivity index (χ2n) is 7.77. The van der Waals surface area contributed by atoms with Crippen LogP contribution >= 0.6 is 11.8 Å². The summed E-state index contributed by atoms with van der Waals surface area (Å²) >= 11 is 1.88. The normalized spacial score (nSPS) is 16.1. The maximum Gasteiger partial charge on any atom is 0.180 e. The Morgan fingerprint density at radius 3 is 2.08 bits per heavy atom. The molecule has 1 aliphatic rings. The van der Waals surface area contributed by atoms with Crippen molar-refractivity contribution in [3.05, 3.63) is 30.3 Å². The number of nitrogens with zero attached hydrogens (tertiary/aromatic N) is 2. The maximum atomic E-state index is 4.86. The zero-order valence-electron chi connectivity index (χ0n) is 17.0. The highest BCUT2D eigenvalue weighted by Gasteiger charge is 2.31. The highest BCUT2D eigenvalue weighted by atomic mass is 32.2. The Balaban J connectivity index is 1.60. The van der Waals surface area contributed by atoms with Crippen LogP contribution in [-0.4, -0.2) is 16.6 Å². The summed E-state index contributed by atoms with van der Waals surface area (Å²) in [4.78, 5) is 4.86. The van der Waals surface area contributed by atoms with E-state index in [0.29, 0.717) is 0 Å². The third-order valence-electron chi connectivity index (χ3n) is 4.70. The van der Waals surface area contributed by atoms with Gasteiger partial charge in [-0.1, -0.05) is 94.7 Å². The Bertz CT molecular complexity index is 527. The van der Waals surface area contributed by atoms with Gasteiger partial charge >= 0.3 is 0 Å². The van der Waals surface area contributed by atoms with E-state index in [1.54, 1.807) is 0 Å². The number of anilines is 1. The third kappa shape index (κ3) is 7.71. The standard InChI is InChI=1S/C22H37N3S/c1-4-5-6-7-8-9-10-11-12-16-19-26-21-23-22(2,3)24-25(21)20-17-14-13-15-18-20/h13-15,17-18,24H,4-12,16,19H2,1-3H3. The van der Waals surface area contributed by atoms with E-state index in [4.69, 9.17) is 4.99 Å². The van der Waals surface area contributed by atoms with Crippen LogP contribution in [-0.2, 0) is 0 Å². The van der Waals surface area contributed by atoms with Crippen LogP contribution in [0.1, 0.15) is 85.0 Å². The van der Waals surface area contributed by atoms with Crippen LogP contribution in [0.2, 0.25) is 0 Å². The first-order valence-corrected chi connectivity index (χ1v) is 11.5. The minimum atomic E-state index is -0.226.